The molecule has 0 aromatic carbocycles. The third-order valence-corrected chi connectivity index (χ3v) is 3.44. The second-order valence-electron chi connectivity index (χ2n) is 4.50. The summed E-state index contributed by atoms with van der Waals surface area (Å²) in [4.78, 5) is 8.38. The van der Waals surface area contributed by atoms with Crippen molar-refractivity contribution in [3.8, 4) is 0 Å². The van der Waals surface area contributed by atoms with Crippen molar-refractivity contribution in [3.05, 3.63) is 21.0 Å². The molecule has 0 atom stereocenters. The Morgan fingerprint density at radius 3 is 2.60 bits per heavy atom. The first-order valence-electron chi connectivity index (χ1n) is 5.29. The van der Waals surface area contributed by atoms with E-state index < -0.39 is 0 Å². The van der Waals surface area contributed by atoms with Gasteiger partial charge in [-0.15, -0.1) is 0 Å². The molecular formula is C11H14FIN2. The van der Waals surface area contributed by atoms with Gasteiger partial charge in [0.15, 0.2) is 0 Å². The number of hydrogen-bond acceptors (Lipinski definition) is 2. The summed E-state index contributed by atoms with van der Waals surface area (Å²) in [6, 6.07) is 0. The first kappa shape index (κ1) is 11.2. The topological polar surface area (TPSA) is 25.8 Å². The maximum atomic E-state index is 13.5. The fourth-order valence-corrected chi connectivity index (χ4v) is 2.25. The maximum absolute atomic E-state index is 13.5. The molecule has 1 aliphatic rings. The smallest absolute Gasteiger partial charge is 0.229 e. The van der Waals surface area contributed by atoms with Crippen molar-refractivity contribution in [1.82, 2.24) is 9.97 Å². The Bertz CT molecular complexity index is 375. The minimum absolute atomic E-state index is 0.344. The molecule has 0 radical (unpaired) electrons. The zero-order chi connectivity index (χ0) is 11.0. The van der Waals surface area contributed by atoms with Crippen LogP contribution in [0.25, 0.3) is 0 Å². The summed E-state index contributed by atoms with van der Waals surface area (Å²) in [7, 11) is 0. The van der Waals surface area contributed by atoms with Gasteiger partial charge in [-0.25, -0.2) is 9.97 Å². The Morgan fingerprint density at radius 1 is 1.40 bits per heavy atom. The van der Waals surface area contributed by atoms with E-state index in [1.54, 1.807) is 0 Å². The third-order valence-electron chi connectivity index (χ3n) is 2.44. The first-order valence-corrected chi connectivity index (χ1v) is 6.37. The molecular weight excluding hydrogens is 306 g/mol. The maximum Gasteiger partial charge on any atom is 0.229 e. The lowest BCUT2D eigenvalue weighted by atomic mass is 10.1. The first-order chi connectivity index (χ1) is 7.08. The molecule has 0 bridgehead atoms. The highest BCUT2D eigenvalue weighted by Crippen LogP contribution is 2.41. The Hall–Kier alpha value is -0.260. The molecule has 1 fully saturated rings. The van der Waals surface area contributed by atoms with E-state index >= 15 is 0 Å². The van der Waals surface area contributed by atoms with Gasteiger partial charge in [0.2, 0.25) is 5.95 Å². The fraction of sp³-hybridized carbons (Fsp3) is 0.636. The van der Waals surface area contributed by atoms with Gasteiger partial charge in [0.1, 0.15) is 5.82 Å². The molecule has 2 rings (SSSR count). The van der Waals surface area contributed by atoms with E-state index in [1.165, 1.54) is 0 Å². The minimum Gasteiger partial charge on any atom is -0.236 e. The zero-order valence-corrected chi connectivity index (χ0v) is 11.1. The Balaban J connectivity index is 2.32. The van der Waals surface area contributed by atoms with Crippen molar-refractivity contribution < 1.29 is 4.39 Å². The lowest BCUT2D eigenvalue weighted by Gasteiger charge is -2.08. The number of rotatable bonds is 3. The van der Waals surface area contributed by atoms with Gasteiger partial charge in [0.25, 0.3) is 0 Å². The second-order valence-corrected chi connectivity index (χ2v) is 5.58. The summed E-state index contributed by atoms with van der Waals surface area (Å²) in [5.41, 5.74) is 0.929. The highest BCUT2D eigenvalue weighted by Gasteiger charge is 2.29. The summed E-state index contributed by atoms with van der Waals surface area (Å²) >= 11 is 2.01. The number of aromatic nitrogens is 2. The average molecular weight is 320 g/mol. The molecule has 1 saturated carbocycles. The molecule has 0 N–H and O–H groups in total. The lowest BCUT2D eigenvalue weighted by molar-refractivity contribution is 0.537. The van der Waals surface area contributed by atoms with E-state index in [1.807, 2.05) is 22.6 Å². The summed E-state index contributed by atoms with van der Waals surface area (Å²) in [5.74, 6) is 1.27. The van der Waals surface area contributed by atoms with Crippen molar-refractivity contribution in [2.75, 3.05) is 0 Å². The van der Waals surface area contributed by atoms with E-state index in [0.717, 1.165) is 25.0 Å². The fourth-order valence-electron chi connectivity index (χ4n) is 1.56. The summed E-state index contributed by atoms with van der Waals surface area (Å²) in [6.07, 6.45) is 3.05. The number of halogens is 2. The van der Waals surface area contributed by atoms with Crippen molar-refractivity contribution in [2.45, 2.75) is 39.0 Å². The van der Waals surface area contributed by atoms with E-state index in [4.69, 9.17) is 0 Å². The Morgan fingerprint density at radius 2 is 2.07 bits per heavy atom. The molecule has 0 spiro atoms. The molecule has 15 heavy (non-hydrogen) atoms. The monoisotopic (exact) mass is 320 g/mol. The molecule has 0 saturated heterocycles. The van der Waals surface area contributed by atoms with Crippen LogP contribution in [0.3, 0.4) is 0 Å². The van der Waals surface area contributed by atoms with Crippen LogP contribution < -0.4 is 0 Å². The van der Waals surface area contributed by atoms with Crippen LogP contribution in [0.2, 0.25) is 0 Å². The van der Waals surface area contributed by atoms with Crippen LogP contribution in [0, 0.1) is 15.4 Å². The molecule has 2 nitrogen and oxygen atoms in total. The van der Waals surface area contributed by atoms with Gasteiger partial charge in [-0.05, 0) is 41.4 Å². The third kappa shape index (κ3) is 2.65. The van der Waals surface area contributed by atoms with E-state index in [-0.39, 0.29) is 5.95 Å². The Kier molecular flexibility index (Phi) is 3.23. The molecule has 4 heteroatoms. The molecule has 1 aromatic heterocycles. The molecule has 0 aliphatic heterocycles. The molecule has 82 valence electrons. The normalized spacial score (nSPS) is 16.1. The van der Waals surface area contributed by atoms with Crippen LogP contribution in [0.1, 0.15) is 44.1 Å². The van der Waals surface area contributed by atoms with Crippen molar-refractivity contribution in [2.24, 2.45) is 5.92 Å². The molecule has 0 amide bonds. The second kappa shape index (κ2) is 4.31. The van der Waals surface area contributed by atoms with Crippen LogP contribution in [0.4, 0.5) is 4.39 Å². The van der Waals surface area contributed by atoms with Gasteiger partial charge in [-0.1, -0.05) is 13.8 Å². The van der Waals surface area contributed by atoms with Crippen molar-refractivity contribution in [3.63, 3.8) is 0 Å². The van der Waals surface area contributed by atoms with Gasteiger partial charge in [0, 0.05) is 12.3 Å². The molecule has 1 aliphatic carbocycles. The van der Waals surface area contributed by atoms with E-state index in [2.05, 4.69) is 23.8 Å². The van der Waals surface area contributed by atoms with Gasteiger partial charge in [-0.2, -0.15) is 4.39 Å². The minimum atomic E-state index is -0.344. The highest BCUT2D eigenvalue weighted by molar-refractivity contribution is 14.1. The van der Waals surface area contributed by atoms with Crippen molar-refractivity contribution in [1.29, 1.82) is 0 Å². The molecule has 0 unspecified atom stereocenters. The van der Waals surface area contributed by atoms with Crippen LogP contribution in [-0.2, 0) is 6.42 Å². The predicted octanol–water partition coefficient (Wildman–Crippen LogP) is 3.30. The number of hydrogen-bond donors (Lipinski definition) is 0. The average Bonchev–Trinajstić information content (AvgIpc) is 2.93. The quantitative estimate of drug-likeness (QED) is 0.631. The van der Waals surface area contributed by atoms with Gasteiger partial charge in [0.05, 0.1) is 9.26 Å². The summed E-state index contributed by atoms with van der Waals surface area (Å²) in [6.45, 7) is 4.19. The zero-order valence-electron chi connectivity index (χ0n) is 8.93. The van der Waals surface area contributed by atoms with Crippen LogP contribution >= 0.6 is 22.6 Å². The SMILES string of the molecule is CC(C)Cc1nc(F)c(I)c(C2CC2)n1. The van der Waals surface area contributed by atoms with E-state index in [0.29, 0.717) is 21.2 Å². The van der Waals surface area contributed by atoms with Gasteiger partial charge < -0.3 is 0 Å². The van der Waals surface area contributed by atoms with Crippen LogP contribution in [0.5, 0.6) is 0 Å². The highest BCUT2D eigenvalue weighted by atomic mass is 127. The number of nitrogens with zero attached hydrogens (tertiary/aromatic N) is 2. The van der Waals surface area contributed by atoms with E-state index in [9.17, 15) is 4.39 Å². The summed E-state index contributed by atoms with van der Waals surface area (Å²) < 4.78 is 14.1. The Labute approximate surface area is 103 Å². The lowest BCUT2D eigenvalue weighted by Crippen LogP contribution is -2.08. The predicted molar refractivity (Wildman–Crippen MR) is 65.2 cm³/mol. The van der Waals surface area contributed by atoms with Crippen LogP contribution in [0.15, 0.2) is 0 Å². The largest absolute Gasteiger partial charge is 0.236 e. The molecule has 1 aromatic rings. The molecule has 1 heterocycles. The van der Waals surface area contributed by atoms with Crippen LogP contribution in [-0.4, -0.2) is 9.97 Å². The van der Waals surface area contributed by atoms with Gasteiger partial charge in [-0.3, -0.25) is 0 Å². The van der Waals surface area contributed by atoms with Gasteiger partial charge >= 0.3 is 0 Å². The van der Waals surface area contributed by atoms with Crippen molar-refractivity contribution >= 4 is 22.6 Å². The standard InChI is InChI=1S/C11H14FIN2/c1-6(2)5-8-14-10(7-3-4-7)9(13)11(12)15-8/h6-7H,3-5H2,1-2H3. The summed E-state index contributed by atoms with van der Waals surface area (Å²) in [5, 5.41) is 0.